The van der Waals surface area contributed by atoms with Crippen LogP contribution in [-0.4, -0.2) is 28.9 Å². The number of benzene rings is 3. The third-order valence-corrected chi connectivity index (χ3v) is 5.80. The molecule has 1 unspecified atom stereocenters. The van der Waals surface area contributed by atoms with Crippen molar-refractivity contribution in [2.45, 2.75) is 6.04 Å². The van der Waals surface area contributed by atoms with Crippen LogP contribution in [0.3, 0.4) is 0 Å². The Morgan fingerprint density at radius 3 is 2.42 bits per heavy atom. The summed E-state index contributed by atoms with van der Waals surface area (Å²) < 4.78 is 5.38. The van der Waals surface area contributed by atoms with Crippen molar-refractivity contribution in [3.05, 3.63) is 108 Å². The van der Waals surface area contributed by atoms with Gasteiger partial charge in [-0.25, -0.2) is 0 Å². The zero-order valence-corrected chi connectivity index (χ0v) is 17.8. The van der Waals surface area contributed by atoms with Crippen LogP contribution >= 0.6 is 0 Å². The molecule has 1 N–H and O–H groups in total. The van der Waals surface area contributed by atoms with Crippen LogP contribution in [0.1, 0.15) is 17.3 Å². The lowest BCUT2D eigenvalue weighted by atomic mass is 9.97. The number of anilines is 1. The minimum absolute atomic E-state index is 0.0314. The molecule has 1 fully saturated rings. The molecule has 0 spiro atoms. The number of rotatable bonds is 4. The van der Waals surface area contributed by atoms with Crippen LogP contribution in [0.4, 0.5) is 5.69 Å². The van der Waals surface area contributed by atoms with Crippen molar-refractivity contribution in [3.8, 4) is 5.75 Å². The fourth-order valence-electron chi connectivity index (χ4n) is 4.30. The van der Waals surface area contributed by atoms with Crippen LogP contribution in [0.2, 0.25) is 0 Å². The average molecular weight is 436 g/mol. The number of amides is 1. The zero-order chi connectivity index (χ0) is 22.9. The fraction of sp³-hybridized carbons (Fsp3) is 0.0741. The zero-order valence-electron chi connectivity index (χ0n) is 17.8. The monoisotopic (exact) mass is 436 g/mol. The van der Waals surface area contributed by atoms with Crippen molar-refractivity contribution in [3.63, 3.8) is 0 Å². The summed E-state index contributed by atoms with van der Waals surface area (Å²) in [5.41, 5.74) is 1.35. The number of ether oxygens (including phenoxy) is 1. The summed E-state index contributed by atoms with van der Waals surface area (Å²) in [5.74, 6) is -1.41. The van der Waals surface area contributed by atoms with Crippen molar-refractivity contribution >= 4 is 33.9 Å². The molecule has 33 heavy (non-hydrogen) atoms. The molecule has 1 atom stereocenters. The highest BCUT2D eigenvalue weighted by Gasteiger charge is 2.48. The van der Waals surface area contributed by atoms with E-state index in [1.807, 2.05) is 36.4 Å². The summed E-state index contributed by atoms with van der Waals surface area (Å²) in [6.45, 7) is 0. The van der Waals surface area contributed by atoms with E-state index in [1.165, 1.54) is 12.0 Å². The molecule has 0 radical (unpaired) electrons. The smallest absolute Gasteiger partial charge is 0.300 e. The molecule has 3 aromatic carbocycles. The molecule has 2 heterocycles. The first kappa shape index (κ1) is 20.5. The Morgan fingerprint density at radius 1 is 0.909 bits per heavy atom. The van der Waals surface area contributed by atoms with Gasteiger partial charge in [-0.15, -0.1) is 0 Å². The van der Waals surface area contributed by atoms with E-state index in [0.29, 0.717) is 22.7 Å². The van der Waals surface area contributed by atoms with Gasteiger partial charge in [-0.1, -0.05) is 54.6 Å². The maximum Gasteiger partial charge on any atom is 0.300 e. The second-order valence-electron chi connectivity index (χ2n) is 7.62. The van der Waals surface area contributed by atoms with E-state index in [1.54, 1.807) is 54.7 Å². The minimum atomic E-state index is -0.901. The third-order valence-electron chi connectivity index (χ3n) is 5.80. The van der Waals surface area contributed by atoms with Crippen molar-refractivity contribution in [1.29, 1.82) is 0 Å². The molecule has 0 bridgehead atoms. The fourth-order valence-corrected chi connectivity index (χ4v) is 4.30. The molecule has 1 aliphatic heterocycles. The molecule has 162 valence electrons. The van der Waals surface area contributed by atoms with Gasteiger partial charge in [-0.3, -0.25) is 19.5 Å². The van der Waals surface area contributed by atoms with E-state index in [-0.39, 0.29) is 11.3 Å². The summed E-state index contributed by atoms with van der Waals surface area (Å²) in [6.07, 6.45) is 1.60. The largest absolute Gasteiger partial charge is 0.507 e. The van der Waals surface area contributed by atoms with Gasteiger partial charge in [0, 0.05) is 11.6 Å². The Labute approximate surface area is 190 Å². The van der Waals surface area contributed by atoms with Crippen molar-refractivity contribution in [2.75, 3.05) is 12.0 Å². The van der Waals surface area contributed by atoms with Crippen LogP contribution < -0.4 is 9.64 Å². The molecule has 6 nitrogen and oxygen atoms in total. The van der Waals surface area contributed by atoms with E-state index in [0.717, 1.165) is 10.8 Å². The third kappa shape index (κ3) is 3.32. The van der Waals surface area contributed by atoms with E-state index in [9.17, 15) is 14.7 Å². The molecule has 5 rings (SSSR count). The number of hydrogen-bond acceptors (Lipinski definition) is 5. The number of pyridine rings is 1. The number of carbonyl (C=O) groups is 2. The van der Waals surface area contributed by atoms with E-state index < -0.39 is 17.7 Å². The number of hydrogen-bond donors (Lipinski definition) is 1. The summed E-state index contributed by atoms with van der Waals surface area (Å²) in [6, 6.07) is 24.4. The maximum absolute atomic E-state index is 13.4. The lowest BCUT2D eigenvalue weighted by Gasteiger charge is -2.26. The number of aliphatic hydroxyl groups is 1. The maximum atomic E-state index is 13.4. The second kappa shape index (κ2) is 8.24. The van der Waals surface area contributed by atoms with Crippen LogP contribution in [0.15, 0.2) is 96.7 Å². The Balaban J connectivity index is 1.79. The first-order valence-corrected chi connectivity index (χ1v) is 10.4. The summed E-state index contributed by atoms with van der Waals surface area (Å²) in [5, 5.41) is 13.1. The Morgan fingerprint density at radius 2 is 1.64 bits per heavy atom. The van der Waals surface area contributed by atoms with Crippen molar-refractivity contribution < 1.29 is 19.4 Å². The lowest BCUT2D eigenvalue weighted by Crippen LogP contribution is -2.30. The Bertz CT molecular complexity index is 1410. The van der Waals surface area contributed by atoms with Crippen molar-refractivity contribution in [1.82, 2.24) is 4.98 Å². The van der Waals surface area contributed by atoms with Gasteiger partial charge >= 0.3 is 0 Å². The molecule has 1 aliphatic rings. The highest BCUT2D eigenvalue weighted by Crippen LogP contribution is 2.44. The van der Waals surface area contributed by atoms with Crippen LogP contribution in [-0.2, 0) is 9.59 Å². The van der Waals surface area contributed by atoms with Gasteiger partial charge in [-0.05, 0) is 35.7 Å². The average Bonchev–Trinajstić information content (AvgIpc) is 3.14. The number of aromatic nitrogens is 1. The molecule has 4 aromatic rings. The van der Waals surface area contributed by atoms with E-state index in [4.69, 9.17) is 4.74 Å². The van der Waals surface area contributed by atoms with Gasteiger partial charge < -0.3 is 9.84 Å². The van der Waals surface area contributed by atoms with Gasteiger partial charge in [-0.2, -0.15) is 0 Å². The van der Waals surface area contributed by atoms with Gasteiger partial charge in [0.25, 0.3) is 11.7 Å². The summed E-state index contributed by atoms with van der Waals surface area (Å²) in [7, 11) is 1.48. The standard InChI is InChI=1S/C27H20N2O4/c1-33-22-15-5-4-12-19(22)25(30)23-24(20-13-6-7-16-28-20)29(27(32)26(23)31)21-14-8-10-17-9-2-3-11-18(17)21/h2-16,24,30H,1H3/b25-23+. The van der Waals surface area contributed by atoms with Gasteiger partial charge in [0.15, 0.2) is 0 Å². The number of Topliss-reactive ketones (excluding diaryl/α,β-unsaturated/α-hetero) is 1. The molecule has 6 heteroatoms. The van der Waals surface area contributed by atoms with Crippen LogP contribution in [0.25, 0.3) is 16.5 Å². The molecule has 0 saturated carbocycles. The molecule has 1 amide bonds. The number of ketones is 1. The van der Waals surface area contributed by atoms with Gasteiger partial charge in [0.1, 0.15) is 17.6 Å². The number of carbonyl (C=O) groups excluding carboxylic acids is 2. The number of methoxy groups -OCH3 is 1. The SMILES string of the molecule is COc1ccccc1/C(O)=C1\C(=O)C(=O)N(c2cccc3ccccc23)C1c1ccccn1. The van der Waals surface area contributed by atoms with Gasteiger partial charge in [0.05, 0.1) is 29.6 Å². The number of para-hydroxylation sites is 1. The summed E-state index contributed by atoms with van der Waals surface area (Å²) in [4.78, 5) is 32.6. The molecule has 1 aromatic heterocycles. The van der Waals surface area contributed by atoms with Gasteiger partial charge in [0.2, 0.25) is 0 Å². The van der Waals surface area contributed by atoms with Crippen LogP contribution in [0.5, 0.6) is 5.75 Å². The number of nitrogens with zero attached hydrogens (tertiary/aromatic N) is 2. The molecule has 0 aliphatic carbocycles. The predicted octanol–water partition coefficient (Wildman–Crippen LogP) is 4.87. The van der Waals surface area contributed by atoms with Crippen LogP contribution in [0, 0.1) is 0 Å². The number of fused-ring (bicyclic) bond motifs is 1. The Hall–Kier alpha value is -4.45. The normalized spacial score (nSPS) is 17.5. The predicted molar refractivity (Wildman–Crippen MR) is 126 cm³/mol. The lowest BCUT2D eigenvalue weighted by molar-refractivity contribution is -0.132. The first-order chi connectivity index (χ1) is 16.1. The highest BCUT2D eigenvalue weighted by molar-refractivity contribution is 6.52. The molecular formula is C27H20N2O4. The highest BCUT2D eigenvalue weighted by atomic mass is 16.5. The topological polar surface area (TPSA) is 79.7 Å². The summed E-state index contributed by atoms with van der Waals surface area (Å²) >= 11 is 0. The number of aliphatic hydroxyl groups excluding tert-OH is 1. The van der Waals surface area contributed by atoms with E-state index >= 15 is 0 Å². The molecule has 1 saturated heterocycles. The molecular weight excluding hydrogens is 416 g/mol. The first-order valence-electron chi connectivity index (χ1n) is 10.4. The Kier molecular flexibility index (Phi) is 5.11. The second-order valence-corrected chi connectivity index (χ2v) is 7.62. The quantitative estimate of drug-likeness (QED) is 0.281. The minimum Gasteiger partial charge on any atom is -0.507 e. The van der Waals surface area contributed by atoms with Crippen molar-refractivity contribution in [2.24, 2.45) is 0 Å². The van der Waals surface area contributed by atoms with E-state index in [2.05, 4.69) is 4.98 Å².